The molecular weight excluding hydrogens is 254 g/mol. The molecule has 7 heteroatoms. The van der Waals surface area contributed by atoms with Crippen LogP contribution in [0.15, 0.2) is 28.1 Å². The smallest absolute Gasteiger partial charge is 0.367 e. The first-order valence-electron chi connectivity index (χ1n) is 5.60. The molecule has 0 spiro atoms. The largest absolute Gasteiger partial charge is 0.493 e. The molecule has 0 radical (unpaired) electrons. The summed E-state index contributed by atoms with van der Waals surface area (Å²) in [5, 5.41) is 11.0. The highest BCUT2D eigenvalue weighted by Crippen LogP contribution is 2.41. The van der Waals surface area contributed by atoms with Crippen LogP contribution in [0.5, 0.6) is 5.75 Å². The number of furan rings is 1. The molecule has 0 aromatic carbocycles. The van der Waals surface area contributed by atoms with E-state index in [-0.39, 0.29) is 22.9 Å². The molecule has 0 amide bonds. The fraction of sp³-hybridized carbons (Fsp3) is 0.417. The van der Waals surface area contributed by atoms with Gasteiger partial charge in [0.25, 0.3) is 0 Å². The van der Waals surface area contributed by atoms with Gasteiger partial charge in [0, 0.05) is 6.07 Å². The minimum Gasteiger partial charge on any atom is -0.493 e. The van der Waals surface area contributed by atoms with Crippen molar-refractivity contribution in [2.45, 2.75) is 26.0 Å². The van der Waals surface area contributed by atoms with Gasteiger partial charge in [-0.05, 0) is 13.8 Å². The lowest BCUT2D eigenvalue weighted by molar-refractivity contribution is -0.570. The second-order valence-electron chi connectivity index (χ2n) is 4.19. The number of carbonyl (C=O) groups is 1. The maximum Gasteiger partial charge on any atom is 0.367 e. The van der Waals surface area contributed by atoms with Crippen molar-refractivity contribution in [1.82, 2.24) is 0 Å². The number of rotatable bonds is 4. The topological polar surface area (TPSA) is 91.8 Å². The number of nitro groups is 1. The second kappa shape index (κ2) is 4.75. The Morgan fingerprint density at radius 3 is 2.68 bits per heavy atom. The van der Waals surface area contributed by atoms with E-state index in [4.69, 9.17) is 13.9 Å². The molecule has 0 saturated carbocycles. The van der Waals surface area contributed by atoms with Crippen molar-refractivity contribution in [1.29, 1.82) is 0 Å². The van der Waals surface area contributed by atoms with Gasteiger partial charge in [0.2, 0.25) is 0 Å². The standard InChI is InChI=1S/C12H13NO6/c1-6(14)10-7(2)19-12(13(15)16)11(10)9-4-8(17-3)5-18-9/h4-5,11-12H,1-3H3. The highest BCUT2D eigenvalue weighted by molar-refractivity contribution is 5.95. The Balaban J connectivity index is 2.46. The van der Waals surface area contributed by atoms with Gasteiger partial charge >= 0.3 is 6.23 Å². The van der Waals surface area contributed by atoms with Crippen molar-refractivity contribution in [3.63, 3.8) is 0 Å². The van der Waals surface area contributed by atoms with E-state index >= 15 is 0 Å². The summed E-state index contributed by atoms with van der Waals surface area (Å²) in [6, 6.07) is 1.52. The SMILES string of the molecule is COc1coc(C2C(C(C)=O)=C(C)OC2[N+](=O)[O-])c1. The molecule has 19 heavy (non-hydrogen) atoms. The normalized spacial score (nSPS) is 22.3. The number of Topliss-reactive ketones (excluding diaryl/α,β-unsaturated/α-hetero) is 1. The summed E-state index contributed by atoms with van der Waals surface area (Å²) < 4.78 is 15.4. The summed E-state index contributed by atoms with van der Waals surface area (Å²) >= 11 is 0. The van der Waals surface area contributed by atoms with Crippen LogP contribution in [0.25, 0.3) is 0 Å². The first-order chi connectivity index (χ1) is 8.95. The fourth-order valence-corrected chi connectivity index (χ4v) is 2.19. The van der Waals surface area contributed by atoms with Crippen molar-refractivity contribution in [3.05, 3.63) is 39.5 Å². The van der Waals surface area contributed by atoms with Crippen LogP contribution in [0.3, 0.4) is 0 Å². The van der Waals surface area contributed by atoms with Gasteiger partial charge in [-0.25, -0.2) is 0 Å². The molecule has 0 saturated heterocycles. The van der Waals surface area contributed by atoms with E-state index in [2.05, 4.69) is 0 Å². The third-order valence-corrected chi connectivity index (χ3v) is 3.00. The lowest BCUT2D eigenvalue weighted by atomic mass is 9.93. The van der Waals surface area contributed by atoms with Crippen LogP contribution in [-0.4, -0.2) is 24.0 Å². The van der Waals surface area contributed by atoms with Crippen LogP contribution in [0.1, 0.15) is 25.5 Å². The van der Waals surface area contributed by atoms with E-state index in [0.29, 0.717) is 5.75 Å². The average Bonchev–Trinajstić information content (AvgIpc) is 2.91. The summed E-state index contributed by atoms with van der Waals surface area (Å²) in [5.74, 6) is -0.154. The van der Waals surface area contributed by atoms with Gasteiger partial charge in [0.05, 0.1) is 17.6 Å². The van der Waals surface area contributed by atoms with Crippen LogP contribution < -0.4 is 4.74 Å². The third kappa shape index (κ3) is 2.18. The Hall–Kier alpha value is -2.31. The molecule has 2 heterocycles. The minimum absolute atomic E-state index is 0.259. The van der Waals surface area contributed by atoms with Gasteiger partial charge in [-0.15, -0.1) is 0 Å². The molecule has 7 nitrogen and oxygen atoms in total. The first-order valence-corrected chi connectivity index (χ1v) is 5.60. The number of carbonyl (C=O) groups excluding carboxylic acids is 1. The molecule has 1 aromatic rings. The van der Waals surface area contributed by atoms with E-state index in [1.807, 2.05) is 0 Å². The molecule has 102 valence electrons. The van der Waals surface area contributed by atoms with Crippen LogP contribution in [0.2, 0.25) is 0 Å². The zero-order chi connectivity index (χ0) is 14.2. The Bertz CT molecular complexity index is 558. The molecular formula is C12H13NO6. The first kappa shape index (κ1) is 13.1. The number of hydrogen-bond acceptors (Lipinski definition) is 6. The zero-order valence-electron chi connectivity index (χ0n) is 10.7. The quantitative estimate of drug-likeness (QED) is 0.610. The van der Waals surface area contributed by atoms with E-state index in [1.165, 1.54) is 33.3 Å². The molecule has 1 aliphatic rings. The molecule has 2 atom stereocenters. The van der Waals surface area contributed by atoms with Gasteiger partial charge < -0.3 is 13.9 Å². The lowest BCUT2D eigenvalue weighted by Gasteiger charge is -2.11. The summed E-state index contributed by atoms with van der Waals surface area (Å²) in [6.07, 6.45) is -0.0210. The van der Waals surface area contributed by atoms with Crippen molar-refractivity contribution >= 4 is 5.78 Å². The number of methoxy groups -OCH3 is 1. The van der Waals surface area contributed by atoms with Crippen LogP contribution >= 0.6 is 0 Å². The minimum atomic E-state index is -1.35. The Labute approximate surface area is 108 Å². The van der Waals surface area contributed by atoms with Crippen LogP contribution in [-0.2, 0) is 9.53 Å². The van der Waals surface area contributed by atoms with Gasteiger partial charge in [0.1, 0.15) is 17.8 Å². The van der Waals surface area contributed by atoms with E-state index < -0.39 is 17.1 Å². The van der Waals surface area contributed by atoms with Crippen molar-refractivity contribution < 1.29 is 23.6 Å². The predicted octanol–water partition coefficient (Wildman–Crippen LogP) is 1.87. The summed E-state index contributed by atoms with van der Waals surface area (Å²) in [6.45, 7) is 2.88. The van der Waals surface area contributed by atoms with Crippen molar-refractivity contribution in [2.75, 3.05) is 7.11 Å². The van der Waals surface area contributed by atoms with Crippen LogP contribution in [0, 0.1) is 10.1 Å². The van der Waals surface area contributed by atoms with Gasteiger partial charge in [-0.3, -0.25) is 14.9 Å². The average molecular weight is 267 g/mol. The summed E-state index contributed by atoms with van der Waals surface area (Å²) in [4.78, 5) is 22.1. The van der Waals surface area contributed by atoms with E-state index in [1.54, 1.807) is 0 Å². The number of ether oxygens (including phenoxy) is 2. The molecule has 0 bridgehead atoms. The molecule has 1 aliphatic heterocycles. The molecule has 0 N–H and O–H groups in total. The van der Waals surface area contributed by atoms with E-state index in [9.17, 15) is 14.9 Å². The zero-order valence-corrected chi connectivity index (χ0v) is 10.7. The highest BCUT2D eigenvalue weighted by atomic mass is 16.7. The van der Waals surface area contributed by atoms with Gasteiger partial charge in [0.15, 0.2) is 17.5 Å². The number of ketones is 1. The molecule has 1 aromatic heterocycles. The highest BCUT2D eigenvalue weighted by Gasteiger charge is 2.48. The van der Waals surface area contributed by atoms with Gasteiger partial charge in [-0.1, -0.05) is 0 Å². The molecule has 2 unspecified atom stereocenters. The second-order valence-corrected chi connectivity index (χ2v) is 4.19. The predicted molar refractivity (Wildman–Crippen MR) is 63.2 cm³/mol. The Morgan fingerprint density at radius 1 is 1.53 bits per heavy atom. The van der Waals surface area contributed by atoms with Crippen LogP contribution in [0.4, 0.5) is 0 Å². The number of hydrogen-bond donors (Lipinski definition) is 0. The number of allylic oxidation sites excluding steroid dienone is 1. The summed E-state index contributed by atoms with van der Waals surface area (Å²) in [5.41, 5.74) is 0.263. The third-order valence-electron chi connectivity index (χ3n) is 3.00. The Morgan fingerprint density at radius 2 is 2.21 bits per heavy atom. The summed E-state index contributed by atoms with van der Waals surface area (Å²) in [7, 11) is 1.46. The maximum absolute atomic E-state index is 11.7. The van der Waals surface area contributed by atoms with Gasteiger partial charge in [-0.2, -0.15) is 0 Å². The maximum atomic E-state index is 11.7. The molecule has 0 fully saturated rings. The molecule has 0 aliphatic carbocycles. The lowest BCUT2D eigenvalue weighted by Crippen LogP contribution is -2.27. The monoisotopic (exact) mass is 267 g/mol. The van der Waals surface area contributed by atoms with E-state index in [0.717, 1.165) is 0 Å². The van der Waals surface area contributed by atoms with Crippen molar-refractivity contribution in [2.24, 2.45) is 0 Å². The fourth-order valence-electron chi connectivity index (χ4n) is 2.19. The van der Waals surface area contributed by atoms with Crippen molar-refractivity contribution in [3.8, 4) is 5.75 Å². The molecule has 2 rings (SSSR count). The Kier molecular flexibility index (Phi) is 3.28. The number of nitrogens with zero attached hydrogens (tertiary/aromatic N) is 1.